The number of aromatic nitrogens is 1. The third-order valence-electron chi connectivity index (χ3n) is 3.99. The zero-order chi connectivity index (χ0) is 17.8. The summed E-state index contributed by atoms with van der Waals surface area (Å²) in [5.41, 5.74) is 3.87. The fourth-order valence-corrected chi connectivity index (χ4v) is 3.38. The van der Waals surface area contributed by atoms with Crippen molar-refractivity contribution < 1.29 is 14.4 Å². The standard InChI is InChI=1S/C19H22N2O3S/c1-12(2)14-4-6-15(7-5-14)19-20-17(11-25-19)9-18(22)23-10-16-8-13(3)24-21-16/h4-7,11-13H,8-10H2,1-3H3. The number of nitrogens with zero attached hydrogens (tertiary/aromatic N) is 2. The van der Waals surface area contributed by atoms with Crippen molar-refractivity contribution in [1.82, 2.24) is 4.98 Å². The number of hydrogen-bond acceptors (Lipinski definition) is 6. The highest BCUT2D eigenvalue weighted by molar-refractivity contribution is 7.13. The summed E-state index contributed by atoms with van der Waals surface area (Å²) in [6.45, 7) is 6.47. The Kier molecular flexibility index (Phi) is 5.48. The normalized spacial score (nSPS) is 16.6. The van der Waals surface area contributed by atoms with Gasteiger partial charge in [0.15, 0.2) is 0 Å². The SMILES string of the molecule is CC1CC(COC(=O)Cc2csc(-c3ccc(C(C)C)cc3)n2)=NO1. The molecule has 25 heavy (non-hydrogen) atoms. The first-order valence-electron chi connectivity index (χ1n) is 8.43. The lowest BCUT2D eigenvalue weighted by molar-refractivity contribution is -0.141. The van der Waals surface area contributed by atoms with Gasteiger partial charge in [-0.25, -0.2) is 4.98 Å². The molecule has 0 N–H and O–H groups in total. The van der Waals surface area contributed by atoms with Crippen LogP contribution >= 0.6 is 11.3 Å². The second kappa shape index (κ2) is 7.78. The van der Waals surface area contributed by atoms with Crippen LogP contribution in [0.1, 0.15) is 44.4 Å². The lowest BCUT2D eigenvalue weighted by Crippen LogP contribution is -2.15. The molecule has 5 nitrogen and oxygen atoms in total. The van der Waals surface area contributed by atoms with E-state index in [0.717, 1.165) is 22.0 Å². The van der Waals surface area contributed by atoms with Crippen molar-refractivity contribution in [3.8, 4) is 10.6 Å². The fourth-order valence-electron chi connectivity index (χ4n) is 2.55. The Morgan fingerprint density at radius 2 is 2.12 bits per heavy atom. The lowest BCUT2D eigenvalue weighted by Gasteiger charge is -2.05. The number of oxime groups is 1. The van der Waals surface area contributed by atoms with Crippen molar-refractivity contribution in [3.05, 3.63) is 40.9 Å². The Bertz CT molecular complexity index is 765. The highest BCUT2D eigenvalue weighted by Gasteiger charge is 2.18. The number of carbonyl (C=O) groups excluding carboxylic acids is 1. The minimum Gasteiger partial charge on any atom is -0.459 e. The molecular formula is C19H22N2O3S. The maximum atomic E-state index is 12.0. The molecule has 1 aliphatic heterocycles. The van der Waals surface area contributed by atoms with Gasteiger partial charge in [-0.1, -0.05) is 43.3 Å². The highest BCUT2D eigenvalue weighted by Crippen LogP contribution is 2.26. The lowest BCUT2D eigenvalue weighted by atomic mass is 10.0. The molecule has 1 atom stereocenters. The van der Waals surface area contributed by atoms with Crippen LogP contribution in [0.2, 0.25) is 0 Å². The number of ether oxygens (including phenoxy) is 1. The number of rotatable bonds is 6. The zero-order valence-electron chi connectivity index (χ0n) is 14.7. The van der Waals surface area contributed by atoms with Crippen molar-refractivity contribution >= 4 is 23.0 Å². The maximum Gasteiger partial charge on any atom is 0.312 e. The highest BCUT2D eigenvalue weighted by atomic mass is 32.1. The molecule has 0 fully saturated rings. The minimum atomic E-state index is -0.297. The number of benzene rings is 1. The van der Waals surface area contributed by atoms with Gasteiger partial charge in [-0.05, 0) is 18.4 Å². The van der Waals surface area contributed by atoms with E-state index in [1.165, 1.54) is 16.9 Å². The largest absolute Gasteiger partial charge is 0.459 e. The number of thiazole rings is 1. The molecule has 1 aliphatic rings. The molecule has 0 radical (unpaired) electrons. The number of hydrogen-bond donors (Lipinski definition) is 0. The van der Waals surface area contributed by atoms with Gasteiger partial charge in [0.05, 0.1) is 17.8 Å². The molecule has 1 unspecified atom stereocenters. The van der Waals surface area contributed by atoms with Gasteiger partial charge in [0.25, 0.3) is 0 Å². The minimum absolute atomic E-state index is 0.0666. The molecule has 2 aromatic rings. The molecule has 6 heteroatoms. The van der Waals surface area contributed by atoms with E-state index < -0.39 is 0 Å². The zero-order valence-corrected chi connectivity index (χ0v) is 15.5. The molecule has 0 saturated heterocycles. The van der Waals surface area contributed by atoms with Crippen LogP contribution in [-0.4, -0.2) is 29.4 Å². The van der Waals surface area contributed by atoms with Gasteiger partial charge in [0.2, 0.25) is 0 Å². The van der Waals surface area contributed by atoms with E-state index in [0.29, 0.717) is 12.3 Å². The van der Waals surface area contributed by atoms with Crippen LogP contribution in [0.15, 0.2) is 34.8 Å². The first-order valence-corrected chi connectivity index (χ1v) is 9.31. The predicted octanol–water partition coefficient (Wildman–Crippen LogP) is 4.18. The number of esters is 1. The van der Waals surface area contributed by atoms with Crippen molar-refractivity contribution in [2.24, 2.45) is 5.16 Å². The van der Waals surface area contributed by atoms with Gasteiger partial charge in [-0.2, -0.15) is 0 Å². The summed E-state index contributed by atoms with van der Waals surface area (Å²) in [5, 5.41) is 6.71. The molecule has 132 valence electrons. The Balaban J connectivity index is 1.55. The maximum absolute atomic E-state index is 12.0. The molecule has 1 aromatic carbocycles. The van der Waals surface area contributed by atoms with Crippen molar-refractivity contribution in [2.45, 2.75) is 45.6 Å². The van der Waals surface area contributed by atoms with Crippen LogP contribution in [0.5, 0.6) is 0 Å². The Morgan fingerprint density at radius 1 is 1.36 bits per heavy atom. The van der Waals surface area contributed by atoms with E-state index in [4.69, 9.17) is 9.57 Å². The summed E-state index contributed by atoms with van der Waals surface area (Å²) in [6, 6.07) is 8.41. The van der Waals surface area contributed by atoms with Gasteiger partial charge in [-0.3, -0.25) is 4.79 Å². The van der Waals surface area contributed by atoms with E-state index in [2.05, 4.69) is 48.3 Å². The Hall–Kier alpha value is -2.21. The Labute approximate surface area is 151 Å². The third kappa shape index (κ3) is 4.66. The van der Waals surface area contributed by atoms with Crippen molar-refractivity contribution in [2.75, 3.05) is 6.61 Å². The van der Waals surface area contributed by atoms with Crippen LogP contribution in [-0.2, 0) is 20.8 Å². The van der Waals surface area contributed by atoms with E-state index in [9.17, 15) is 4.79 Å². The van der Waals surface area contributed by atoms with Crippen LogP contribution in [0.25, 0.3) is 10.6 Å². The molecule has 0 spiro atoms. The fraction of sp³-hybridized carbons (Fsp3) is 0.421. The summed E-state index contributed by atoms with van der Waals surface area (Å²) >= 11 is 1.54. The van der Waals surface area contributed by atoms with E-state index in [-0.39, 0.29) is 25.1 Å². The second-order valence-corrected chi connectivity index (χ2v) is 7.39. The first kappa shape index (κ1) is 17.6. The third-order valence-corrected chi connectivity index (χ3v) is 4.93. The monoisotopic (exact) mass is 358 g/mol. The van der Waals surface area contributed by atoms with E-state index >= 15 is 0 Å². The molecular weight excluding hydrogens is 336 g/mol. The van der Waals surface area contributed by atoms with Gasteiger partial charge in [0, 0.05) is 17.4 Å². The van der Waals surface area contributed by atoms with Gasteiger partial charge >= 0.3 is 5.97 Å². The van der Waals surface area contributed by atoms with Gasteiger partial charge < -0.3 is 9.57 Å². The van der Waals surface area contributed by atoms with E-state index in [1.54, 1.807) is 0 Å². The average Bonchev–Trinajstić information content (AvgIpc) is 3.22. The van der Waals surface area contributed by atoms with Gasteiger partial charge in [0.1, 0.15) is 17.7 Å². The van der Waals surface area contributed by atoms with Gasteiger partial charge in [-0.15, -0.1) is 11.3 Å². The van der Waals surface area contributed by atoms with Crippen LogP contribution in [0, 0.1) is 0 Å². The summed E-state index contributed by atoms with van der Waals surface area (Å²) < 4.78 is 5.25. The smallest absolute Gasteiger partial charge is 0.312 e. The molecule has 2 heterocycles. The quantitative estimate of drug-likeness (QED) is 0.727. The van der Waals surface area contributed by atoms with Crippen LogP contribution in [0.3, 0.4) is 0 Å². The predicted molar refractivity (Wildman–Crippen MR) is 98.9 cm³/mol. The molecule has 0 aliphatic carbocycles. The van der Waals surface area contributed by atoms with Crippen LogP contribution in [0.4, 0.5) is 0 Å². The van der Waals surface area contributed by atoms with Crippen molar-refractivity contribution in [1.29, 1.82) is 0 Å². The van der Waals surface area contributed by atoms with Crippen LogP contribution < -0.4 is 0 Å². The number of carbonyl (C=O) groups is 1. The summed E-state index contributed by atoms with van der Waals surface area (Å²) in [4.78, 5) is 21.6. The second-order valence-electron chi connectivity index (χ2n) is 6.54. The van der Waals surface area contributed by atoms with E-state index in [1.807, 2.05) is 12.3 Å². The molecule has 0 amide bonds. The summed E-state index contributed by atoms with van der Waals surface area (Å²) in [7, 11) is 0. The molecule has 3 rings (SSSR count). The topological polar surface area (TPSA) is 60.8 Å². The van der Waals surface area contributed by atoms with Crippen molar-refractivity contribution in [3.63, 3.8) is 0 Å². The molecule has 0 bridgehead atoms. The Morgan fingerprint density at radius 3 is 2.76 bits per heavy atom. The average molecular weight is 358 g/mol. The first-order chi connectivity index (χ1) is 12.0. The summed E-state index contributed by atoms with van der Waals surface area (Å²) in [6.07, 6.45) is 0.946. The summed E-state index contributed by atoms with van der Waals surface area (Å²) in [5.74, 6) is 0.211. The molecule has 1 aromatic heterocycles. The molecule has 0 saturated carbocycles.